The summed E-state index contributed by atoms with van der Waals surface area (Å²) in [5, 5.41) is 8.18. The SMILES string of the molecule is CCOC(=O)c1c(NC(=O)C(C)Sc2cccc(NC(=O)c3ccc4ccccc4c3)c2)sc2c1CCN(Cc1ccccc1)C2. The van der Waals surface area contributed by atoms with Crippen molar-refractivity contribution in [2.24, 2.45) is 0 Å². The summed E-state index contributed by atoms with van der Waals surface area (Å²) >= 11 is 2.85. The molecule has 2 heterocycles. The number of thiophene rings is 1. The number of amides is 2. The fraction of sp³-hybridized carbons (Fsp3) is 0.216. The average Bonchev–Trinajstić information content (AvgIpc) is 3.42. The van der Waals surface area contributed by atoms with Crippen molar-refractivity contribution in [3.8, 4) is 0 Å². The molecule has 2 amide bonds. The minimum Gasteiger partial charge on any atom is -0.462 e. The normalized spacial score (nSPS) is 13.5. The summed E-state index contributed by atoms with van der Waals surface area (Å²) in [4.78, 5) is 43.8. The molecule has 2 N–H and O–H groups in total. The molecule has 0 saturated carbocycles. The van der Waals surface area contributed by atoms with E-state index >= 15 is 0 Å². The molecule has 5 aromatic rings. The first-order valence-electron chi connectivity index (χ1n) is 15.3. The molecule has 0 radical (unpaired) electrons. The summed E-state index contributed by atoms with van der Waals surface area (Å²) < 4.78 is 5.41. The first kappa shape index (κ1) is 31.5. The molecule has 0 fully saturated rings. The minimum absolute atomic E-state index is 0.200. The highest BCUT2D eigenvalue weighted by Crippen LogP contribution is 2.39. The van der Waals surface area contributed by atoms with Crippen LogP contribution in [-0.4, -0.2) is 41.1 Å². The topological polar surface area (TPSA) is 87.7 Å². The molecule has 1 atom stereocenters. The van der Waals surface area contributed by atoms with E-state index in [1.54, 1.807) is 6.92 Å². The van der Waals surface area contributed by atoms with E-state index in [9.17, 15) is 14.4 Å². The molecular formula is C37H35N3O4S2. The van der Waals surface area contributed by atoms with Crippen LogP contribution in [0.5, 0.6) is 0 Å². The molecule has 0 saturated heterocycles. The van der Waals surface area contributed by atoms with Gasteiger partial charge in [-0.1, -0.05) is 66.7 Å². The maximum Gasteiger partial charge on any atom is 0.341 e. The predicted octanol–water partition coefficient (Wildman–Crippen LogP) is 8.01. The summed E-state index contributed by atoms with van der Waals surface area (Å²) in [6.07, 6.45) is 0.713. The molecule has 1 unspecified atom stereocenters. The zero-order valence-corrected chi connectivity index (χ0v) is 27.4. The number of fused-ring (bicyclic) bond motifs is 2. The Morgan fingerprint density at radius 2 is 1.70 bits per heavy atom. The highest BCUT2D eigenvalue weighted by molar-refractivity contribution is 8.00. The maximum atomic E-state index is 13.5. The van der Waals surface area contributed by atoms with Crippen molar-refractivity contribution in [2.75, 3.05) is 23.8 Å². The third-order valence-electron chi connectivity index (χ3n) is 7.89. The third kappa shape index (κ3) is 7.33. The second-order valence-corrected chi connectivity index (χ2v) is 13.7. The molecule has 0 spiro atoms. The Hall–Kier alpha value is -4.44. The molecule has 0 aliphatic carbocycles. The number of carbonyl (C=O) groups is 3. The first-order valence-corrected chi connectivity index (χ1v) is 17.0. The average molecular weight is 650 g/mol. The number of hydrogen-bond acceptors (Lipinski definition) is 7. The van der Waals surface area contributed by atoms with Crippen molar-refractivity contribution in [1.82, 2.24) is 4.90 Å². The van der Waals surface area contributed by atoms with E-state index in [1.165, 1.54) is 28.7 Å². The van der Waals surface area contributed by atoms with Gasteiger partial charge in [0.25, 0.3) is 5.91 Å². The molecule has 234 valence electrons. The molecule has 1 aliphatic rings. The lowest BCUT2D eigenvalue weighted by atomic mass is 10.0. The van der Waals surface area contributed by atoms with E-state index in [0.29, 0.717) is 34.8 Å². The van der Waals surface area contributed by atoms with Crippen LogP contribution in [0.25, 0.3) is 10.8 Å². The highest BCUT2D eigenvalue weighted by atomic mass is 32.2. The van der Waals surface area contributed by atoms with Gasteiger partial charge < -0.3 is 15.4 Å². The number of thioether (sulfide) groups is 1. The van der Waals surface area contributed by atoms with Crippen LogP contribution in [0.3, 0.4) is 0 Å². The fourth-order valence-electron chi connectivity index (χ4n) is 5.59. The quantitative estimate of drug-likeness (QED) is 0.118. The lowest BCUT2D eigenvalue weighted by molar-refractivity contribution is -0.115. The second kappa shape index (κ2) is 14.3. The van der Waals surface area contributed by atoms with Gasteiger partial charge in [0.05, 0.1) is 17.4 Å². The molecule has 6 rings (SSSR count). The third-order valence-corrected chi connectivity index (χ3v) is 10.1. The number of nitrogens with one attached hydrogen (secondary N) is 2. The van der Waals surface area contributed by atoms with Crippen molar-refractivity contribution < 1.29 is 19.1 Å². The van der Waals surface area contributed by atoms with E-state index in [-0.39, 0.29) is 18.4 Å². The van der Waals surface area contributed by atoms with E-state index in [4.69, 9.17) is 4.74 Å². The van der Waals surface area contributed by atoms with Crippen LogP contribution in [0.4, 0.5) is 10.7 Å². The molecule has 46 heavy (non-hydrogen) atoms. The van der Waals surface area contributed by atoms with Crippen LogP contribution in [0.15, 0.2) is 102 Å². The van der Waals surface area contributed by atoms with Crippen LogP contribution >= 0.6 is 23.1 Å². The Morgan fingerprint density at radius 3 is 2.50 bits per heavy atom. The van der Waals surface area contributed by atoms with E-state index in [0.717, 1.165) is 39.2 Å². The number of esters is 1. The van der Waals surface area contributed by atoms with Crippen molar-refractivity contribution in [1.29, 1.82) is 0 Å². The number of nitrogens with zero attached hydrogens (tertiary/aromatic N) is 1. The molecule has 9 heteroatoms. The van der Waals surface area contributed by atoms with Crippen LogP contribution < -0.4 is 10.6 Å². The Bertz CT molecular complexity index is 1890. The maximum absolute atomic E-state index is 13.5. The van der Waals surface area contributed by atoms with Gasteiger partial charge in [-0.05, 0) is 72.5 Å². The van der Waals surface area contributed by atoms with Crippen LogP contribution in [0, 0.1) is 0 Å². The summed E-state index contributed by atoms with van der Waals surface area (Å²) in [6.45, 7) is 6.23. The Labute approximate surface area is 277 Å². The minimum atomic E-state index is -0.463. The van der Waals surface area contributed by atoms with Gasteiger partial charge in [0.15, 0.2) is 0 Å². The number of benzene rings is 4. The monoisotopic (exact) mass is 649 g/mol. The smallest absolute Gasteiger partial charge is 0.341 e. The predicted molar refractivity (Wildman–Crippen MR) is 187 cm³/mol. The zero-order chi connectivity index (χ0) is 32.0. The fourth-order valence-corrected chi connectivity index (χ4v) is 7.80. The summed E-state index contributed by atoms with van der Waals surface area (Å²) in [7, 11) is 0. The molecule has 4 aromatic carbocycles. The number of rotatable bonds is 10. The van der Waals surface area contributed by atoms with Crippen molar-refractivity contribution in [3.05, 3.63) is 124 Å². The zero-order valence-electron chi connectivity index (χ0n) is 25.7. The number of anilines is 2. The number of ether oxygens (including phenoxy) is 1. The van der Waals surface area contributed by atoms with Gasteiger partial charge in [-0.3, -0.25) is 14.5 Å². The molecular weight excluding hydrogens is 615 g/mol. The second-order valence-electron chi connectivity index (χ2n) is 11.2. The highest BCUT2D eigenvalue weighted by Gasteiger charge is 2.30. The van der Waals surface area contributed by atoms with Gasteiger partial charge in [0.1, 0.15) is 5.00 Å². The summed E-state index contributed by atoms with van der Waals surface area (Å²) in [5.41, 5.74) is 3.91. The molecule has 1 aromatic heterocycles. The number of carbonyl (C=O) groups excluding carboxylic acids is 3. The summed E-state index contributed by atoms with van der Waals surface area (Å²) in [5.74, 6) is -0.808. The van der Waals surface area contributed by atoms with Gasteiger partial charge >= 0.3 is 5.97 Å². The standard InChI is InChI=1S/C37H35N3O4S2/c1-3-44-37(43)33-31-18-19-40(22-25-10-5-4-6-11-25)23-32(31)46-36(33)39-34(41)24(2)45-30-15-9-14-29(21-30)38-35(42)28-17-16-26-12-7-8-13-27(26)20-28/h4-17,20-21,24H,3,18-19,22-23H2,1-2H3,(H,38,42)(H,39,41). The van der Waals surface area contributed by atoms with Gasteiger partial charge in [0.2, 0.25) is 5.91 Å². The van der Waals surface area contributed by atoms with E-state index < -0.39 is 11.2 Å². The van der Waals surface area contributed by atoms with Gasteiger partial charge in [0, 0.05) is 40.7 Å². The van der Waals surface area contributed by atoms with E-state index in [2.05, 4.69) is 27.7 Å². The number of hydrogen-bond donors (Lipinski definition) is 2. The first-order chi connectivity index (χ1) is 22.4. The Balaban J connectivity index is 1.13. The lowest BCUT2D eigenvalue weighted by Crippen LogP contribution is -2.30. The van der Waals surface area contributed by atoms with Gasteiger partial charge in [-0.25, -0.2) is 4.79 Å². The molecule has 7 nitrogen and oxygen atoms in total. The van der Waals surface area contributed by atoms with Crippen molar-refractivity contribution >= 4 is 62.3 Å². The Kier molecular flexibility index (Phi) is 9.82. The van der Waals surface area contributed by atoms with Crippen LogP contribution in [0.2, 0.25) is 0 Å². The van der Waals surface area contributed by atoms with Crippen molar-refractivity contribution in [2.45, 2.75) is 43.5 Å². The van der Waals surface area contributed by atoms with Gasteiger partial charge in [-0.2, -0.15) is 0 Å². The van der Waals surface area contributed by atoms with Crippen LogP contribution in [0.1, 0.15) is 50.6 Å². The molecule has 1 aliphatic heterocycles. The van der Waals surface area contributed by atoms with Crippen LogP contribution in [-0.2, 0) is 29.0 Å². The lowest BCUT2D eigenvalue weighted by Gasteiger charge is -2.27. The largest absolute Gasteiger partial charge is 0.462 e. The molecule has 0 bridgehead atoms. The van der Waals surface area contributed by atoms with Crippen molar-refractivity contribution in [3.63, 3.8) is 0 Å². The summed E-state index contributed by atoms with van der Waals surface area (Å²) in [6, 6.07) is 31.4. The van der Waals surface area contributed by atoms with Gasteiger partial charge in [-0.15, -0.1) is 23.1 Å². The Morgan fingerprint density at radius 1 is 0.913 bits per heavy atom. The van der Waals surface area contributed by atoms with E-state index in [1.807, 2.05) is 91.9 Å².